The van der Waals surface area contributed by atoms with Crippen molar-refractivity contribution in [2.75, 3.05) is 11.8 Å². The molecule has 0 atom stereocenters. The molecular formula is C13H17N3O3S2. The fourth-order valence-corrected chi connectivity index (χ4v) is 4.92. The standard InChI is InChI=1S/C13H17N3O3S2/c1-19-11-6-7-20-13(11)21(17,18)16-12-8-10(14-15-12)9-4-2-3-5-9/h6-9H,2-5H2,1H3,(H2,14,15,16). The van der Waals surface area contributed by atoms with Gasteiger partial charge in [-0.2, -0.15) is 5.10 Å². The van der Waals surface area contributed by atoms with Gasteiger partial charge in [-0.3, -0.25) is 9.82 Å². The number of thiophene rings is 1. The number of aromatic nitrogens is 2. The number of hydrogen-bond donors (Lipinski definition) is 2. The van der Waals surface area contributed by atoms with Crippen LogP contribution in [0.2, 0.25) is 0 Å². The number of ether oxygens (including phenoxy) is 1. The Bertz CT molecular complexity index is 715. The Hall–Kier alpha value is -1.54. The topological polar surface area (TPSA) is 84.1 Å². The fourth-order valence-electron chi connectivity index (χ4n) is 2.65. The number of hydrogen-bond acceptors (Lipinski definition) is 5. The molecule has 2 N–H and O–H groups in total. The summed E-state index contributed by atoms with van der Waals surface area (Å²) in [4.78, 5) is 0. The number of sulfonamides is 1. The second-order valence-electron chi connectivity index (χ2n) is 5.07. The first kappa shape index (κ1) is 14.4. The summed E-state index contributed by atoms with van der Waals surface area (Å²) in [6, 6.07) is 3.42. The van der Waals surface area contributed by atoms with E-state index < -0.39 is 10.0 Å². The van der Waals surface area contributed by atoms with Crippen LogP contribution in [0.25, 0.3) is 0 Å². The summed E-state index contributed by atoms with van der Waals surface area (Å²) in [7, 11) is -2.21. The van der Waals surface area contributed by atoms with Crippen molar-refractivity contribution in [2.45, 2.75) is 35.8 Å². The molecule has 21 heavy (non-hydrogen) atoms. The van der Waals surface area contributed by atoms with Crippen LogP contribution in [0.3, 0.4) is 0 Å². The van der Waals surface area contributed by atoms with Gasteiger partial charge < -0.3 is 4.74 Å². The van der Waals surface area contributed by atoms with E-state index in [4.69, 9.17) is 4.74 Å². The highest BCUT2D eigenvalue weighted by atomic mass is 32.2. The zero-order valence-electron chi connectivity index (χ0n) is 11.6. The second kappa shape index (κ2) is 5.69. The molecule has 3 rings (SSSR count). The number of anilines is 1. The minimum absolute atomic E-state index is 0.162. The molecule has 0 saturated heterocycles. The minimum atomic E-state index is -3.66. The van der Waals surface area contributed by atoms with Crippen molar-refractivity contribution in [3.05, 3.63) is 23.2 Å². The van der Waals surface area contributed by atoms with Crippen molar-refractivity contribution in [2.24, 2.45) is 0 Å². The molecule has 0 bridgehead atoms. The average molecular weight is 327 g/mol. The molecule has 2 aromatic heterocycles. The van der Waals surface area contributed by atoms with Crippen LogP contribution < -0.4 is 9.46 Å². The molecule has 1 fully saturated rings. The molecule has 8 heteroatoms. The third kappa shape index (κ3) is 2.91. The molecule has 0 radical (unpaired) electrons. The zero-order valence-corrected chi connectivity index (χ0v) is 13.3. The lowest BCUT2D eigenvalue weighted by molar-refractivity contribution is 0.406. The monoisotopic (exact) mass is 327 g/mol. The maximum absolute atomic E-state index is 12.3. The third-order valence-electron chi connectivity index (χ3n) is 3.69. The van der Waals surface area contributed by atoms with Gasteiger partial charge in [0.25, 0.3) is 10.0 Å². The molecule has 0 unspecified atom stereocenters. The van der Waals surface area contributed by atoms with Crippen LogP contribution in [0, 0.1) is 0 Å². The number of nitrogens with zero attached hydrogens (tertiary/aromatic N) is 1. The van der Waals surface area contributed by atoms with Gasteiger partial charge in [-0.15, -0.1) is 11.3 Å². The molecule has 0 aliphatic heterocycles. The normalized spacial score (nSPS) is 16.2. The number of methoxy groups -OCH3 is 1. The molecule has 0 aromatic carbocycles. The van der Waals surface area contributed by atoms with Gasteiger partial charge in [-0.25, -0.2) is 8.42 Å². The van der Waals surface area contributed by atoms with E-state index in [1.165, 1.54) is 20.0 Å². The summed E-state index contributed by atoms with van der Waals surface area (Å²) in [5, 5.41) is 8.68. The van der Waals surface area contributed by atoms with Crippen molar-refractivity contribution < 1.29 is 13.2 Å². The van der Waals surface area contributed by atoms with Crippen molar-refractivity contribution in [3.8, 4) is 5.75 Å². The lowest BCUT2D eigenvalue weighted by Gasteiger charge is -2.05. The predicted octanol–water partition coefficient (Wildman–Crippen LogP) is 2.94. The molecule has 114 valence electrons. The Morgan fingerprint density at radius 2 is 2.19 bits per heavy atom. The summed E-state index contributed by atoms with van der Waals surface area (Å²) in [5.41, 5.74) is 1.00. The van der Waals surface area contributed by atoms with Gasteiger partial charge in [0, 0.05) is 17.7 Å². The summed E-state index contributed by atoms with van der Waals surface area (Å²) in [6.07, 6.45) is 4.70. The fraction of sp³-hybridized carbons (Fsp3) is 0.462. The molecule has 2 heterocycles. The van der Waals surface area contributed by atoms with Crippen LogP contribution in [0.4, 0.5) is 5.82 Å². The number of H-pyrrole nitrogens is 1. The second-order valence-corrected chi connectivity index (χ2v) is 7.87. The third-order valence-corrected chi connectivity index (χ3v) is 6.49. The first-order valence-corrected chi connectivity index (χ1v) is 9.16. The van der Waals surface area contributed by atoms with Crippen LogP contribution in [-0.4, -0.2) is 25.7 Å². The van der Waals surface area contributed by atoms with E-state index in [2.05, 4.69) is 14.9 Å². The molecular weight excluding hydrogens is 310 g/mol. The Morgan fingerprint density at radius 1 is 1.43 bits per heavy atom. The lowest BCUT2D eigenvalue weighted by atomic mass is 10.1. The van der Waals surface area contributed by atoms with Gasteiger partial charge >= 0.3 is 0 Å². The van der Waals surface area contributed by atoms with E-state index in [1.807, 2.05) is 0 Å². The van der Waals surface area contributed by atoms with Crippen molar-refractivity contribution >= 4 is 27.2 Å². The van der Waals surface area contributed by atoms with E-state index in [0.717, 1.165) is 29.9 Å². The molecule has 1 aliphatic rings. The number of rotatable bonds is 5. The minimum Gasteiger partial charge on any atom is -0.494 e. The Balaban J connectivity index is 1.79. The molecule has 1 saturated carbocycles. The van der Waals surface area contributed by atoms with Gasteiger partial charge in [0.05, 0.1) is 7.11 Å². The Labute approximate surface area is 127 Å². The summed E-state index contributed by atoms with van der Waals surface area (Å²) >= 11 is 1.12. The lowest BCUT2D eigenvalue weighted by Crippen LogP contribution is -2.12. The van der Waals surface area contributed by atoms with Gasteiger partial charge in [0.1, 0.15) is 5.75 Å². The van der Waals surface area contributed by atoms with E-state index >= 15 is 0 Å². The van der Waals surface area contributed by atoms with E-state index in [0.29, 0.717) is 17.5 Å². The highest BCUT2D eigenvalue weighted by Gasteiger charge is 2.24. The first-order chi connectivity index (χ1) is 10.1. The largest absolute Gasteiger partial charge is 0.494 e. The molecule has 2 aromatic rings. The van der Waals surface area contributed by atoms with Crippen LogP contribution in [0.1, 0.15) is 37.3 Å². The quantitative estimate of drug-likeness (QED) is 0.884. The highest BCUT2D eigenvalue weighted by Crippen LogP contribution is 2.35. The van der Waals surface area contributed by atoms with Gasteiger partial charge in [-0.05, 0) is 24.3 Å². The number of nitrogens with one attached hydrogen (secondary N) is 2. The maximum atomic E-state index is 12.3. The summed E-state index contributed by atoms with van der Waals surface area (Å²) in [6.45, 7) is 0. The zero-order chi connectivity index (χ0) is 14.9. The van der Waals surface area contributed by atoms with Gasteiger partial charge in [-0.1, -0.05) is 12.8 Å². The van der Waals surface area contributed by atoms with E-state index in [9.17, 15) is 8.42 Å². The smallest absolute Gasteiger partial charge is 0.276 e. The van der Waals surface area contributed by atoms with Crippen LogP contribution in [-0.2, 0) is 10.0 Å². The summed E-state index contributed by atoms with van der Waals surface area (Å²) < 4.78 is 32.4. The summed E-state index contributed by atoms with van der Waals surface area (Å²) in [5.74, 6) is 1.14. The van der Waals surface area contributed by atoms with E-state index in [-0.39, 0.29) is 4.21 Å². The van der Waals surface area contributed by atoms with Crippen LogP contribution >= 0.6 is 11.3 Å². The van der Waals surface area contributed by atoms with Crippen molar-refractivity contribution in [1.29, 1.82) is 0 Å². The highest BCUT2D eigenvalue weighted by molar-refractivity contribution is 7.94. The molecule has 0 spiro atoms. The van der Waals surface area contributed by atoms with Gasteiger partial charge in [0.15, 0.2) is 10.0 Å². The van der Waals surface area contributed by atoms with Crippen LogP contribution in [0.15, 0.2) is 21.7 Å². The average Bonchev–Trinajstić information content (AvgIpc) is 3.19. The van der Waals surface area contributed by atoms with Crippen molar-refractivity contribution in [3.63, 3.8) is 0 Å². The Morgan fingerprint density at radius 3 is 2.90 bits per heavy atom. The SMILES string of the molecule is COc1ccsc1S(=O)(=O)Nc1cc(C2CCCC2)[nH]n1. The predicted molar refractivity (Wildman–Crippen MR) is 81.5 cm³/mol. The molecule has 0 amide bonds. The first-order valence-electron chi connectivity index (χ1n) is 6.80. The number of aromatic amines is 1. The van der Waals surface area contributed by atoms with Crippen molar-refractivity contribution in [1.82, 2.24) is 10.2 Å². The molecule has 1 aliphatic carbocycles. The van der Waals surface area contributed by atoms with Crippen LogP contribution in [0.5, 0.6) is 5.75 Å². The van der Waals surface area contributed by atoms with E-state index in [1.54, 1.807) is 17.5 Å². The maximum Gasteiger partial charge on any atom is 0.276 e. The van der Waals surface area contributed by atoms with Gasteiger partial charge in [0.2, 0.25) is 0 Å². The Kier molecular flexibility index (Phi) is 3.90. The molecule has 6 nitrogen and oxygen atoms in total.